The molecule has 7 nitrogen and oxygen atoms in total. The minimum atomic E-state index is -4.69. The summed E-state index contributed by atoms with van der Waals surface area (Å²) in [6, 6.07) is 10.9. The van der Waals surface area contributed by atoms with Gasteiger partial charge in [0.15, 0.2) is 11.5 Å². The van der Waals surface area contributed by atoms with Crippen LogP contribution in [0.5, 0.6) is 17.2 Å². The van der Waals surface area contributed by atoms with Crippen molar-refractivity contribution < 1.29 is 27.8 Å². The van der Waals surface area contributed by atoms with Gasteiger partial charge < -0.3 is 19.9 Å². The molecule has 154 valence electrons. The fourth-order valence-electron chi connectivity index (χ4n) is 3.44. The molecule has 0 spiro atoms. The molecule has 0 saturated heterocycles. The van der Waals surface area contributed by atoms with Crippen molar-refractivity contribution in [1.29, 1.82) is 0 Å². The van der Waals surface area contributed by atoms with E-state index in [1.807, 2.05) is 0 Å². The molecule has 0 unspecified atom stereocenters. The third-order valence-corrected chi connectivity index (χ3v) is 4.78. The van der Waals surface area contributed by atoms with Gasteiger partial charge in [-0.2, -0.15) is 18.2 Å². The van der Waals surface area contributed by atoms with Crippen LogP contribution in [0.3, 0.4) is 0 Å². The summed E-state index contributed by atoms with van der Waals surface area (Å²) >= 11 is 0. The second-order valence-corrected chi connectivity index (χ2v) is 6.80. The molecule has 1 atom stereocenters. The number of halogens is 3. The molecule has 0 bridgehead atoms. The van der Waals surface area contributed by atoms with Gasteiger partial charge in [0, 0.05) is 11.3 Å². The summed E-state index contributed by atoms with van der Waals surface area (Å²) in [5.41, 5.74) is 1.75. The molecule has 30 heavy (non-hydrogen) atoms. The first-order chi connectivity index (χ1) is 14.4. The average molecular weight is 416 g/mol. The van der Waals surface area contributed by atoms with E-state index in [1.54, 1.807) is 36.4 Å². The molecule has 0 saturated carbocycles. The Bertz CT molecular complexity index is 1160. The van der Waals surface area contributed by atoms with Gasteiger partial charge in [0.2, 0.25) is 5.95 Å². The van der Waals surface area contributed by atoms with Gasteiger partial charge in [0.05, 0.1) is 0 Å². The fourth-order valence-corrected chi connectivity index (χ4v) is 3.44. The molecule has 2 N–H and O–H groups in total. The number of phenolic OH excluding ortho intramolecular Hbond substituents is 1. The van der Waals surface area contributed by atoms with Crippen molar-refractivity contribution in [2.24, 2.45) is 0 Å². The highest BCUT2D eigenvalue weighted by atomic mass is 19.4. The number of rotatable bonds is 2. The molecular formula is C20H15F3N4O3. The summed E-state index contributed by atoms with van der Waals surface area (Å²) in [7, 11) is 0. The molecule has 3 heterocycles. The van der Waals surface area contributed by atoms with Crippen LogP contribution in [0.15, 0.2) is 48.5 Å². The lowest BCUT2D eigenvalue weighted by atomic mass is 10.0. The second kappa shape index (κ2) is 6.68. The van der Waals surface area contributed by atoms with E-state index >= 15 is 0 Å². The first-order valence-electron chi connectivity index (χ1n) is 9.10. The quantitative estimate of drug-likeness (QED) is 0.661. The molecule has 10 heteroatoms. The summed E-state index contributed by atoms with van der Waals surface area (Å²) in [6.45, 7) is 0.823. The van der Waals surface area contributed by atoms with Gasteiger partial charge in [0.25, 0.3) is 5.82 Å². The van der Waals surface area contributed by atoms with Gasteiger partial charge in [0.1, 0.15) is 25.0 Å². The molecule has 0 amide bonds. The van der Waals surface area contributed by atoms with Crippen molar-refractivity contribution in [3.63, 3.8) is 0 Å². The number of nitrogens with one attached hydrogen (secondary N) is 1. The van der Waals surface area contributed by atoms with Crippen LogP contribution in [0.1, 0.15) is 23.0 Å². The predicted octanol–water partition coefficient (Wildman–Crippen LogP) is 3.83. The maximum atomic E-state index is 13.2. The van der Waals surface area contributed by atoms with Crippen molar-refractivity contribution in [1.82, 2.24) is 14.8 Å². The Balaban J connectivity index is 1.63. The number of aromatic nitrogens is 3. The van der Waals surface area contributed by atoms with Gasteiger partial charge in [-0.3, -0.25) is 0 Å². The van der Waals surface area contributed by atoms with E-state index in [2.05, 4.69) is 15.4 Å². The zero-order chi connectivity index (χ0) is 20.9. The fraction of sp³-hybridized carbons (Fsp3) is 0.200. The van der Waals surface area contributed by atoms with Crippen LogP contribution in [-0.4, -0.2) is 33.1 Å². The number of hydrogen-bond donors (Lipinski definition) is 2. The van der Waals surface area contributed by atoms with Crippen molar-refractivity contribution in [2.75, 3.05) is 18.5 Å². The zero-order valence-corrected chi connectivity index (χ0v) is 15.3. The Hall–Kier alpha value is -3.69. The maximum absolute atomic E-state index is 13.2. The van der Waals surface area contributed by atoms with Crippen LogP contribution < -0.4 is 14.8 Å². The monoisotopic (exact) mass is 416 g/mol. The Morgan fingerprint density at radius 1 is 1.07 bits per heavy atom. The molecule has 0 fully saturated rings. The molecule has 2 aliphatic heterocycles. The standard InChI is InChI=1S/C20H15F3N4O3/c21-20(22,23)18-25-19-24-14(11-2-1-3-13(28)8-11)10-15(27(19)26-18)12-4-5-16-17(9-12)30-7-6-29-16/h1-5,8-10,15,28H,6-7H2,(H,24,25,26)/t15-/m0/s1. The van der Waals surface area contributed by atoms with Gasteiger partial charge in [-0.25, -0.2) is 4.68 Å². The number of anilines is 1. The molecule has 2 aromatic carbocycles. The smallest absolute Gasteiger partial charge is 0.453 e. The number of ether oxygens (including phenoxy) is 2. The molecule has 0 aliphatic carbocycles. The molecule has 2 aliphatic rings. The molecular weight excluding hydrogens is 401 g/mol. The highest BCUT2D eigenvalue weighted by molar-refractivity contribution is 5.77. The van der Waals surface area contributed by atoms with Gasteiger partial charge >= 0.3 is 6.18 Å². The third kappa shape index (κ3) is 3.19. The second-order valence-electron chi connectivity index (χ2n) is 6.80. The lowest BCUT2D eigenvalue weighted by molar-refractivity contribution is -0.145. The van der Waals surface area contributed by atoms with Crippen LogP contribution in [0.4, 0.5) is 19.1 Å². The zero-order valence-electron chi connectivity index (χ0n) is 15.3. The van der Waals surface area contributed by atoms with E-state index in [0.29, 0.717) is 41.5 Å². The molecule has 1 aromatic heterocycles. The summed E-state index contributed by atoms with van der Waals surface area (Å²) in [6.07, 6.45) is -2.96. The van der Waals surface area contributed by atoms with E-state index in [-0.39, 0.29) is 11.7 Å². The predicted molar refractivity (Wildman–Crippen MR) is 100 cm³/mol. The van der Waals surface area contributed by atoms with Gasteiger partial charge in [-0.05, 0) is 35.9 Å². The number of phenols is 1. The Morgan fingerprint density at radius 3 is 2.63 bits per heavy atom. The highest BCUT2D eigenvalue weighted by Crippen LogP contribution is 2.39. The maximum Gasteiger partial charge on any atom is 0.453 e. The van der Waals surface area contributed by atoms with E-state index < -0.39 is 18.0 Å². The lowest BCUT2D eigenvalue weighted by Gasteiger charge is -2.26. The number of alkyl halides is 3. The van der Waals surface area contributed by atoms with Crippen molar-refractivity contribution in [3.8, 4) is 17.2 Å². The average Bonchev–Trinajstić information content (AvgIpc) is 3.17. The SMILES string of the molecule is Oc1cccc(C2=C[C@@H](c3ccc4c(c3)OCCO4)n3nc(C(F)(F)F)nc3N2)c1. The topological polar surface area (TPSA) is 81.4 Å². The van der Waals surface area contributed by atoms with Gasteiger partial charge in [-0.1, -0.05) is 18.2 Å². The number of nitrogens with zero attached hydrogens (tertiary/aromatic N) is 3. The van der Waals surface area contributed by atoms with E-state index in [9.17, 15) is 18.3 Å². The number of aromatic hydroxyl groups is 1. The Kier molecular flexibility index (Phi) is 4.09. The van der Waals surface area contributed by atoms with Crippen LogP contribution >= 0.6 is 0 Å². The molecule has 5 rings (SSSR count). The van der Waals surface area contributed by atoms with Crippen LogP contribution in [-0.2, 0) is 6.18 Å². The minimum absolute atomic E-state index is 0.0362. The van der Waals surface area contributed by atoms with Crippen LogP contribution in [0.2, 0.25) is 0 Å². The van der Waals surface area contributed by atoms with Crippen molar-refractivity contribution in [3.05, 3.63) is 65.5 Å². The van der Waals surface area contributed by atoms with Crippen LogP contribution in [0, 0.1) is 0 Å². The number of fused-ring (bicyclic) bond motifs is 2. The highest BCUT2D eigenvalue weighted by Gasteiger charge is 2.39. The minimum Gasteiger partial charge on any atom is -0.508 e. The summed E-state index contributed by atoms with van der Waals surface area (Å²) < 4.78 is 52.1. The van der Waals surface area contributed by atoms with E-state index in [1.165, 1.54) is 16.8 Å². The van der Waals surface area contributed by atoms with Gasteiger partial charge in [-0.15, -0.1) is 5.10 Å². The van der Waals surface area contributed by atoms with E-state index in [4.69, 9.17) is 9.47 Å². The summed E-state index contributed by atoms with van der Waals surface area (Å²) in [5, 5.41) is 16.4. The summed E-state index contributed by atoms with van der Waals surface area (Å²) in [4.78, 5) is 3.64. The molecule has 0 radical (unpaired) electrons. The normalized spacial score (nSPS) is 17.7. The summed E-state index contributed by atoms with van der Waals surface area (Å²) in [5.74, 6) is -0.163. The number of allylic oxidation sites excluding steroid dienone is 1. The Morgan fingerprint density at radius 2 is 1.87 bits per heavy atom. The van der Waals surface area contributed by atoms with Crippen molar-refractivity contribution in [2.45, 2.75) is 12.2 Å². The van der Waals surface area contributed by atoms with E-state index in [0.717, 1.165) is 0 Å². The number of hydrogen-bond acceptors (Lipinski definition) is 6. The molecule has 3 aromatic rings. The number of benzene rings is 2. The van der Waals surface area contributed by atoms with Crippen molar-refractivity contribution >= 4 is 11.6 Å². The first-order valence-corrected chi connectivity index (χ1v) is 9.10. The third-order valence-electron chi connectivity index (χ3n) is 4.78. The van der Waals surface area contributed by atoms with Crippen LogP contribution in [0.25, 0.3) is 5.70 Å². The largest absolute Gasteiger partial charge is 0.508 e. The first kappa shape index (κ1) is 18.3. The Labute approximate surface area is 168 Å². The lowest BCUT2D eigenvalue weighted by Crippen LogP contribution is -2.21.